The lowest BCUT2D eigenvalue weighted by Crippen LogP contribution is -2.42. The molecule has 3 heterocycles. The molecule has 136 valence electrons. The molecule has 1 fully saturated rings. The number of halogens is 1. The van der Waals surface area contributed by atoms with Crippen molar-refractivity contribution in [3.8, 4) is 5.69 Å². The van der Waals surface area contributed by atoms with E-state index in [2.05, 4.69) is 18.9 Å². The van der Waals surface area contributed by atoms with Crippen LogP contribution in [0.3, 0.4) is 0 Å². The van der Waals surface area contributed by atoms with Gasteiger partial charge in [0.2, 0.25) is 0 Å². The summed E-state index contributed by atoms with van der Waals surface area (Å²) >= 11 is 7.52. The van der Waals surface area contributed by atoms with Crippen LogP contribution in [-0.2, 0) is 0 Å². The van der Waals surface area contributed by atoms with E-state index in [1.54, 1.807) is 0 Å². The second-order valence-corrected chi connectivity index (χ2v) is 8.93. The number of carbonyl (C=O) groups excluding carboxylic acids is 1. The minimum absolute atomic E-state index is 0.145. The number of piperidine rings is 1. The first-order valence-electron chi connectivity index (χ1n) is 8.96. The second-order valence-electron chi connectivity index (χ2n) is 7.46. The third kappa shape index (κ3) is 3.14. The van der Waals surface area contributed by atoms with Crippen molar-refractivity contribution in [2.75, 3.05) is 13.1 Å². The molecule has 26 heavy (non-hydrogen) atoms. The molecule has 0 spiro atoms. The number of aromatic nitrogens is 2. The van der Waals surface area contributed by atoms with Gasteiger partial charge < -0.3 is 4.90 Å². The largest absolute Gasteiger partial charge is 0.337 e. The first-order valence-corrected chi connectivity index (χ1v) is 10.2. The Bertz CT molecular complexity index is 950. The summed E-state index contributed by atoms with van der Waals surface area (Å²) < 4.78 is 1.91. The molecule has 6 heteroatoms. The van der Waals surface area contributed by atoms with Gasteiger partial charge in [-0.2, -0.15) is 5.10 Å². The second kappa shape index (κ2) is 6.71. The van der Waals surface area contributed by atoms with Crippen molar-refractivity contribution in [2.24, 2.45) is 11.8 Å². The average Bonchev–Trinajstić information content (AvgIpc) is 3.15. The van der Waals surface area contributed by atoms with Crippen LogP contribution in [0, 0.1) is 18.8 Å². The summed E-state index contributed by atoms with van der Waals surface area (Å²) in [5.74, 6) is 1.26. The van der Waals surface area contributed by atoms with Crippen LogP contribution in [0.25, 0.3) is 15.9 Å². The van der Waals surface area contributed by atoms with E-state index < -0.39 is 0 Å². The fourth-order valence-electron chi connectivity index (χ4n) is 3.89. The lowest BCUT2D eigenvalue weighted by molar-refractivity contribution is 0.0628. The van der Waals surface area contributed by atoms with Gasteiger partial charge in [0.15, 0.2) is 0 Å². The monoisotopic (exact) mass is 387 g/mol. The van der Waals surface area contributed by atoms with Crippen LogP contribution in [0.5, 0.6) is 0 Å². The van der Waals surface area contributed by atoms with Gasteiger partial charge in [-0.05, 0) is 55.5 Å². The minimum atomic E-state index is 0.145. The number of aryl methyl sites for hydroxylation is 1. The Labute approximate surface area is 162 Å². The van der Waals surface area contributed by atoms with E-state index in [0.717, 1.165) is 39.6 Å². The van der Waals surface area contributed by atoms with Gasteiger partial charge in [-0.25, -0.2) is 4.68 Å². The molecule has 1 saturated heterocycles. The van der Waals surface area contributed by atoms with Gasteiger partial charge >= 0.3 is 0 Å². The Kier molecular flexibility index (Phi) is 4.53. The van der Waals surface area contributed by atoms with Gasteiger partial charge in [-0.15, -0.1) is 11.3 Å². The molecule has 4 rings (SSSR count). The molecule has 0 unspecified atom stereocenters. The van der Waals surface area contributed by atoms with Crippen molar-refractivity contribution in [3.63, 3.8) is 0 Å². The maximum Gasteiger partial charge on any atom is 0.264 e. The van der Waals surface area contributed by atoms with E-state index in [9.17, 15) is 4.79 Å². The molecular formula is C20H22ClN3OS. The Morgan fingerprint density at radius 1 is 1.19 bits per heavy atom. The van der Waals surface area contributed by atoms with Crippen molar-refractivity contribution in [3.05, 3.63) is 45.9 Å². The molecule has 0 aliphatic carbocycles. The number of hydrogen-bond acceptors (Lipinski definition) is 3. The molecule has 0 radical (unpaired) electrons. The predicted octanol–water partition coefficient (Wildman–Crippen LogP) is 5.17. The maximum atomic E-state index is 13.1. The van der Waals surface area contributed by atoms with Crippen LogP contribution >= 0.6 is 22.9 Å². The summed E-state index contributed by atoms with van der Waals surface area (Å²) in [7, 11) is 0. The van der Waals surface area contributed by atoms with Crippen LogP contribution in [0.2, 0.25) is 5.02 Å². The van der Waals surface area contributed by atoms with E-state index in [4.69, 9.17) is 11.6 Å². The van der Waals surface area contributed by atoms with E-state index in [0.29, 0.717) is 16.9 Å². The molecule has 1 aromatic carbocycles. The van der Waals surface area contributed by atoms with Gasteiger partial charge in [0.1, 0.15) is 4.83 Å². The van der Waals surface area contributed by atoms with Gasteiger partial charge in [-0.3, -0.25) is 4.79 Å². The number of thiophene rings is 1. The molecule has 1 aliphatic heterocycles. The Morgan fingerprint density at radius 2 is 1.85 bits per heavy atom. The maximum absolute atomic E-state index is 13.1. The predicted molar refractivity (Wildman–Crippen MR) is 108 cm³/mol. The van der Waals surface area contributed by atoms with Gasteiger partial charge in [-0.1, -0.05) is 25.4 Å². The van der Waals surface area contributed by atoms with Crippen LogP contribution < -0.4 is 0 Å². The Balaban J connectivity index is 1.70. The molecule has 1 aliphatic rings. The summed E-state index contributed by atoms with van der Waals surface area (Å²) in [5, 5.41) is 6.39. The topological polar surface area (TPSA) is 38.1 Å². The highest BCUT2D eigenvalue weighted by Gasteiger charge is 2.28. The van der Waals surface area contributed by atoms with Crippen molar-refractivity contribution in [2.45, 2.75) is 27.2 Å². The fourth-order valence-corrected chi connectivity index (χ4v) is 5.17. The van der Waals surface area contributed by atoms with Crippen LogP contribution in [-0.4, -0.2) is 33.7 Å². The number of benzene rings is 1. The fraction of sp³-hybridized carbons (Fsp3) is 0.400. The highest BCUT2D eigenvalue weighted by molar-refractivity contribution is 7.20. The third-order valence-corrected chi connectivity index (χ3v) is 6.33. The first-order chi connectivity index (χ1) is 12.4. The quantitative estimate of drug-likeness (QED) is 0.608. The van der Waals surface area contributed by atoms with Crippen LogP contribution in [0.15, 0.2) is 30.3 Å². The molecule has 0 bridgehead atoms. The molecule has 4 nitrogen and oxygen atoms in total. The van der Waals surface area contributed by atoms with Crippen molar-refractivity contribution in [1.29, 1.82) is 0 Å². The zero-order valence-corrected chi connectivity index (χ0v) is 16.8. The Morgan fingerprint density at radius 3 is 2.50 bits per heavy atom. The van der Waals surface area contributed by atoms with Gasteiger partial charge in [0, 0.05) is 23.5 Å². The average molecular weight is 388 g/mol. The van der Waals surface area contributed by atoms with Gasteiger partial charge in [0.25, 0.3) is 5.91 Å². The molecule has 1 amide bonds. The molecular weight excluding hydrogens is 366 g/mol. The number of carbonyl (C=O) groups is 1. The lowest BCUT2D eigenvalue weighted by atomic mass is 9.92. The van der Waals surface area contributed by atoms with Crippen LogP contribution in [0.4, 0.5) is 0 Å². The smallest absolute Gasteiger partial charge is 0.264 e. The lowest BCUT2D eigenvalue weighted by Gasteiger charge is -2.34. The number of likely N-dealkylation sites (tertiary alicyclic amines) is 1. The number of nitrogens with zero attached hydrogens (tertiary/aromatic N) is 3. The third-order valence-electron chi connectivity index (χ3n) is 4.98. The summed E-state index contributed by atoms with van der Waals surface area (Å²) in [6.45, 7) is 8.13. The van der Waals surface area contributed by atoms with E-state index in [1.165, 1.54) is 17.8 Å². The molecule has 3 aromatic rings. The summed E-state index contributed by atoms with van der Waals surface area (Å²) in [6.07, 6.45) is 1.20. The normalized spacial score (nSPS) is 20.7. The van der Waals surface area contributed by atoms with Crippen molar-refractivity contribution in [1.82, 2.24) is 14.7 Å². The van der Waals surface area contributed by atoms with E-state index >= 15 is 0 Å². The number of hydrogen-bond donors (Lipinski definition) is 0. The molecule has 0 N–H and O–H groups in total. The molecule has 2 atom stereocenters. The Hall–Kier alpha value is -1.85. The molecule has 0 saturated carbocycles. The molecule has 2 aromatic heterocycles. The summed E-state index contributed by atoms with van der Waals surface area (Å²) in [6, 6.07) is 9.61. The SMILES string of the molecule is Cc1nn(-c2ccc(Cl)cc2)c2sc(C(=O)N3C[C@@H](C)C[C@H](C)C3)cc12. The van der Waals surface area contributed by atoms with Gasteiger partial charge in [0.05, 0.1) is 16.3 Å². The number of fused-ring (bicyclic) bond motifs is 1. The zero-order valence-electron chi connectivity index (χ0n) is 15.2. The number of rotatable bonds is 2. The zero-order chi connectivity index (χ0) is 18.4. The number of amides is 1. The van der Waals surface area contributed by atoms with E-state index in [1.807, 2.05) is 46.8 Å². The highest BCUT2D eigenvalue weighted by Crippen LogP contribution is 2.32. The highest BCUT2D eigenvalue weighted by atomic mass is 35.5. The standard InChI is InChI=1S/C20H22ClN3OS/c1-12-8-13(2)11-23(10-12)19(25)18-9-17-14(3)22-24(20(17)26-18)16-6-4-15(21)5-7-16/h4-7,9,12-13H,8,10-11H2,1-3H3/t12-,13-/m0/s1. The van der Waals surface area contributed by atoms with Crippen molar-refractivity contribution < 1.29 is 4.79 Å². The van der Waals surface area contributed by atoms with E-state index in [-0.39, 0.29) is 5.91 Å². The van der Waals surface area contributed by atoms with Crippen molar-refractivity contribution >= 4 is 39.1 Å². The van der Waals surface area contributed by atoms with Crippen LogP contribution in [0.1, 0.15) is 35.6 Å². The summed E-state index contributed by atoms with van der Waals surface area (Å²) in [5.41, 5.74) is 1.89. The summed E-state index contributed by atoms with van der Waals surface area (Å²) in [4.78, 5) is 16.9. The first kappa shape index (κ1) is 17.6. The minimum Gasteiger partial charge on any atom is -0.337 e.